The van der Waals surface area contributed by atoms with Crippen molar-refractivity contribution >= 4 is 11.6 Å². The van der Waals surface area contributed by atoms with Gasteiger partial charge in [0.15, 0.2) is 6.61 Å². The molecule has 1 aromatic heterocycles. The number of anilines is 1. The van der Waals surface area contributed by atoms with Crippen molar-refractivity contribution < 1.29 is 13.9 Å². The van der Waals surface area contributed by atoms with Crippen molar-refractivity contribution in [1.29, 1.82) is 0 Å². The molecule has 0 radical (unpaired) electrons. The quantitative estimate of drug-likeness (QED) is 0.666. The Morgan fingerprint density at radius 3 is 2.52 bits per heavy atom. The first-order chi connectivity index (χ1) is 12.1. The zero-order valence-electron chi connectivity index (χ0n) is 14.4. The zero-order valence-corrected chi connectivity index (χ0v) is 14.4. The fraction of sp³-hybridized carbons (Fsp3) is 0.190. The van der Waals surface area contributed by atoms with E-state index in [-0.39, 0.29) is 12.5 Å². The third-order valence-corrected chi connectivity index (χ3v) is 4.17. The number of carbonyl (C=O) groups excluding carboxylic acids is 1. The van der Waals surface area contributed by atoms with Crippen LogP contribution in [0.3, 0.4) is 0 Å². The van der Waals surface area contributed by atoms with Crippen molar-refractivity contribution in [1.82, 2.24) is 0 Å². The third-order valence-electron chi connectivity index (χ3n) is 4.17. The van der Waals surface area contributed by atoms with Crippen molar-refractivity contribution in [3.8, 4) is 5.75 Å². The number of aryl methyl sites for hydroxylation is 1. The second-order valence-electron chi connectivity index (χ2n) is 5.88. The molecule has 3 rings (SSSR count). The maximum absolute atomic E-state index is 12.8. The SMILES string of the molecule is Cc1cccc(OCC(=O)N(Cc2ccco2)c2ccccc2)c1C. The summed E-state index contributed by atoms with van der Waals surface area (Å²) in [5.74, 6) is 1.34. The number of nitrogens with zero attached hydrogens (tertiary/aromatic N) is 1. The van der Waals surface area contributed by atoms with E-state index in [1.807, 2.05) is 74.5 Å². The van der Waals surface area contributed by atoms with Crippen molar-refractivity contribution in [3.05, 3.63) is 83.8 Å². The van der Waals surface area contributed by atoms with Crippen LogP contribution in [0.1, 0.15) is 16.9 Å². The molecule has 0 spiro atoms. The Balaban J connectivity index is 1.76. The summed E-state index contributed by atoms with van der Waals surface area (Å²) < 4.78 is 11.2. The van der Waals surface area contributed by atoms with Gasteiger partial charge < -0.3 is 14.1 Å². The molecule has 0 aliphatic heterocycles. The lowest BCUT2D eigenvalue weighted by Gasteiger charge is -2.22. The van der Waals surface area contributed by atoms with E-state index in [9.17, 15) is 4.79 Å². The fourth-order valence-corrected chi connectivity index (χ4v) is 2.59. The maximum Gasteiger partial charge on any atom is 0.265 e. The highest BCUT2D eigenvalue weighted by atomic mass is 16.5. The molecule has 0 N–H and O–H groups in total. The normalized spacial score (nSPS) is 10.5. The molecule has 0 aliphatic rings. The molecule has 0 atom stereocenters. The van der Waals surface area contributed by atoms with Crippen LogP contribution in [0, 0.1) is 13.8 Å². The van der Waals surface area contributed by atoms with E-state index in [4.69, 9.17) is 9.15 Å². The molecule has 2 aromatic carbocycles. The largest absolute Gasteiger partial charge is 0.483 e. The molecule has 25 heavy (non-hydrogen) atoms. The lowest BCUT2D eigenvalue weighted by molar-refractivity contribution is -0.120. The van der Waals surface area contributed by atoms with E-state index >= 15 is 0 Å². The van der Waals surface area contributed by atoms with Gasteiger partial charge in [-0.25, -0.2) is 0 Å². The molecule has 0 bridgehead atoms. The molecule has 0 unspecified atom stereocenters. The van der Waals surface area contributed by atoms with Crippen LogP contribution >= 0.6 is 0 Å². The number of ether oxygens (including phenoxy) is 1. The smallest absolute Gasteiger partial charge is 0.265 e. The second-order valence-corrected chi connectivity index (χ2v) is 5.88. The van der Waals surface area contributed by atoms with Crippen LogP contribution in [0.25, 0.3) is 0 Å². The number of furan rings is 1. The zero-order chi connectivity index (χ0) is 17.6. The predicted octanol–water partition coefficient (Wildman–Crippen LogP) is 4.51. The van der Waals surface area contributed by atoms with Crippen LogP contribution in [-0.4, -0.2) is 12.5 Å². The Bertz CT molecular complexity index is 826. The highest BCUT2D eigenvalue weighted by molar-refractivity contribution is 5.94. The molecular formula is C21H21NO3. The first-order valence-corrected chi connectivity index (χ1v) is 8.22. The Hall–Kier alpha value is -3.01. The highest BCUT2D eigenvalue weighted by Gasteiger charge is 2.18. The van der Waals surface area contributed by atoms with Crippen LogP contribution in [0.15, 0.2) is 71.3 Å². The van der Waals surface area contributed by atoms with Gasteiger partial charge in [-0.15, -0.1) is 0 Å². The number of benzene rings is 2. The van der Waals surface area contributed by atoms with Gasteiger partial charge in [-0.05, 0) is 55.3 Å². The number of para-hydroxylation sites is 1. The number of hydrogen-bond acceptors (Lipinski definition) is 3. The molecule has 1 amide bonds. The van der Waals surface area contributed by atoms with Crippen LogP contribution < -0.4 is 9.64 Å². The average Bonchev–Trinajstić information content (AvgIpc) is 3.15. The van der Waals surface area contributed by atoms with Crippen molar-refractivity contribution in [2.45, 2.75) is 20.4 Å². The van der Waals surface area contributed by atoms with Crippen LogP contribution in [0.4, 0.5) is 5.69 Å². The lowest BCUT2D eigenvalue weighted by Crippen LogP contribution is -2.34. The Morgan fingerprint density at radius 2 is 1.80 bits per heavy atom. The van der Waals surface area contributed by atoms with Gasteiger partial charge >= 0.3 is 0 Å². The minimum absolute atomic E-state index is 0.0279. The van der Waals surface area contributed by atoms with Crippen LogP contribution in [0.2, 0.25) is 0 Å². The molecule has 4 heteroatoms. The standard InChI is InChI=1S/C21H21NO3/c1-16-8-6-12-20(17(16)2)25-15-21(23)22(14-19-11-7-13-24-19)18-9-4-3-5-10-18/h3-13H,14-15H2,1-2H3. The van der Waals surface area contributed by atoms with Gasteiger partial charge in [0.1, 0.15) is 11.5 Å². The van der Waals surface area contributed by atoms with Gasteiger partial charge in [-0.1, -0.05) is 30.3 Å². The summed E-state index contributed by atoms with van der Waals surface area (Å²) in [4.78, 5) is 14.5. The van der Waals surface area contributed by atoms with E-state index in [0.717, 1.165) is 28.3 Å². The minimum atomic E-state index is -0.122. The summed E-state index contributed by atoms with van der Waals surface area (Å²) in [5, 5.41) is 0. The van der Waals surface area contributed by atoms with Crippen molar-refractivity contribution in [2.24, 2.45) is 0 Å². The third kappa shape index (κ3) is 4.10. The number of carbonyl (C=O) groups is 1. The number of rotatable bonds is 6. The molecule has 4 nitrogen and oxygen atoms in total. The highest BCUT2D eigenvalue weighted by Crippen LogP contribution is 2.22. The average molecular weight is 335 g/mol. The molecule has 128 valence electrons. The van der Waals surface area contributed by atoms with Crippen molar-refractivity contribution in [2.75, 3.05) is 11.5 Å². The summed E-state index contributed by atoms with van der Waals surface area (Å²) in [7, 11) is 0. The maximum atomic E-state index is 12.8. The first kappa shape index (κ1) is 16.8. The Kier molecular flexibility index (Phi) is 5.19. The van der Waals surface area contributed by atoms with E-state index in [1.165, 1.54) is 0 Å². The fourth-order valence-electron chi connectivity index (χ4n) is 2.59. The summed E-state index contributed by atoms with van der Waals surface area (Å²) in [6, 6.07) is 19.0. The van der Waals surface area contributed by atoms with E-state index in [0.29, 0.717) is 6.54 Å². The topological polar surface area (TPSA) is 42.7 Å². The molecule has 1 heterocycles. The van der Waals surface area contributed by atoms with Crippen LogP contribution in [0.5, 0.6) is 5.75 Å². The number of hydrogen-bond donors (Lipinski definition) is 0. The van der Waals surface area contributed by atoms with Crippen molar-refractivity contribution in [3.63, 3.8) is 0 Å². The molecule has 0 saturated heterocycles. The number of amides is 1. The summed E-state index contributed by atoms with van der Waals surface area (Å²) in [5.41, 5.74) is 3.00. The summed E-state index contributed by atoms with van der Waals surface area (Å²) in [6.07, 6.45) is 1.61. The molecule has 0 saturated carbocycles. The monoisotopic (exact) mass is 335 g/mol. The molecule has 0 aliphatic carbocycles. The molecule has 3 aromatic rings. The van der Waals surface area contributed by atoms with Gasteiger partial charge in [-0.2, -0.15) is 0 Å². The van der Waals surface area contributed by atoms with Gasteiger partial charge in [0.05, 0.1) is 12.8 Å². The van der Waals surface area contributed by atoms with Crippen LogP contribution in [-0.2, 0) is 11.3 Å². The second kappa shape index (κ2) is 7.71. The minimum Gasteiger partial charge on any atom is -0.483 e. The van der Waals surface area contributed by atoms with Gasteiger partial charge in [0.25, 0.3) is 5.91 Å². The summed E-state index contributed by atoms with van der Waals surface area (Å²) in [6.45, 7) is 4.36. The van der Waals surface area contributed by atoms with E-state index in [2.05, 4.69) is 0 Å². The van der Waals surface area contributed by atoms with Gasteiger partial charge in [0, 0.05) is 5.69 Å². The lowest BCUT2D eigenvalue weighted by atomic mass is 10.1. The molecule has 0 fully saturated rings. The van der Waals surface area contributed by atoms with Gasteiger partial charge in [0.2, 0.25) is 0 Å². The van der Waals surface area contributed by atoms with Gasteiger partial charge in [-0.3, -0.25) is 4.79 Å². The predicted molar refractivity (Wildman–Crippen MR) is 97.8 cm³/mol. The first-order valence-electron chi connectivity index (χ1n) is 8.22. The molecular weight excluding hydrogens is 314 g/mol. The Labute approximate surface area is 147 Å². The van der Waals surface area contributed by atoms with E-state index < -0.39 is 0 Å². The Morgan fingerprint density at radius 1 is 1.00 bits per heavy atom. The summed E-state index contributed by atoms with van der Waals surface area (Å²) >= 11 is 0. The van der Waals surface area contributed by atoms with E-state index in [1.54, 1.807) is 11.2 Å².